The molecule has 1 rings (SSSR count). The van der Waals surface area contributed by atoms with Crippen molar-refractivity contribution in [3.63, 3.8) is 0 Å². The largest absolute Gasteiger partial charge is 0.294 e. The van der Waals surface area contributed by atoms with Gasteiger partial charge in [0.05, 0.1) is 6.04 Å². The maximum atomic E-state index is 8.36. The average Bonchev–Trinajstić information content (AvgIpc) is 2.19. The maximum Gasteiger partial charge on any atom is 0.219 e. The van der Waals surface area contributed by atoms with Crippen molar-refractivity contribution in [3.8, 4) is 6.19 Å². The van der Waals surface area contributed by atoms with Crippen molar-refractivity contribution in [1.82, 2.24) is 10.7 Å². The summed E-state index contributed by atoms with van der Waals surface area (Å²) in [6.45, 7) is 0. The van der Waals surface area contributed by atoms with Crippen LogP contribution in [0.3, 0.4) is 0 Å². The molecule has 1 aliphatic carbocycles. The van der Waals surface area contributed by atoms with E-state index in [-0.39, 0.29) is 0 Å². The fraction of sp³-hybridized carbons (Fsp3) is 0.750. The summed E-state index contributed by atoms with van der Waals surface area (Å²) < 4.78 is 0. The van der Waals surface area contributed by atoms with Gasteiger partial charge >= 0.3 is 0 Å². The number of aliphatic imine (C=N–C) groups is 1. The van der Waals surface area contributed by atoms with Crippen LogP contribution in [0.4, 0.5) is 0 Å². The molecule has 0 radical (unpaired) electrons. The van der Waals surface area contributed by atoms with Gasteiger partial charge in [0, 0.05) is 0 Å². The van der Waals surface area contributed by atoms with Gasteiger partial charge in [0.2, 0.25) is 5.96 Å². The van der Waals surface area contributed by atoms with Crippen molar-refractivity contribution in [2.45, 2.75) is 38.1 Å². The van der Waals surface area contributed by atoms with Crippen LogP contribution in [-0.4, -0.2) is 12.0 Å². The van der Waals surface area contributed by atoms with Gasteiger partial charge in [-0.05, 0) is 12.8 Å². The second-order valence-corrected chi connectivity index (χ2v) is 3.15. The lowest BCUT2D eigenvalue weighted by Crippen LogP contribution is -2.40. The van der Waals surface area contributed by atoms with E-state index in [1.807, 2.05) is 0 Å². The van der Waals surface area contributed by atoms with Crippen molar-refractivity contribution >= 4 is 5.96 Å². The standard InChI is InChI=1S/C8H15N5/c9-6-11-8(13-10)12-7-4-2-1-3-5-7/h7H,1-5,10H2,(H2,11,12,13). The van der Waals surface area contributed by atoms with E-state index in [4.69, 9.17) is 11.1 Å². The molecule has 5 heteroatoms. The van der Waals surface area contributed by atoms with Gasteiger partial charge in [-0.15, -0.1) is 0 Å². The molecule has 0 spiro atoms. The number of nitrogens with zero attached hydrogens (tertiary/aromatic N) is 2. The first-order valence-corrected chi connectivity index (χ1v) is 4.56. The Morgan fingerprint density at radius 3 is 2.62 bits per heavy atom. The van der Waals surface area contributed by atoms with E-state index in [9.17, 15) is 0 Å². The highest BCUT2D eigenvalue weighted by molar-refractivity contribution is 5.80. The van der Waals surface area contributed by atoms with Gasteiger partial charge in [-0.25, -0.2) is 10.8 Å². The van der Waals surface area contributed by atoms with Crippen LogP contribution in [0.5, 0.6) is 0 Å². The fourth-order valence-corrected chi connectivity index (χ4v) is 1.55. The monoisotopic (exact) mass is 181 g/mol. The fourth-order valence-electron chi connectivity index (χ4n) is 1.55. The summed E-state index contributed by atoms with van der Waals surface area (Å²) in [7, 11) is 0. The number of hydrogen-bond acceptors (Lipinski definition) is 3. The van der Waals surface area contributed by atoms with Gasteiger partial charge in [-0.3, -0.25) is 10.7 Å². The highest BCUT2D eigenvalue weighted by Gasteiger charge is 2.12. The Hall–Kier alpha value is -1.28. The Labute approximate surface area is 78.0 Å². The van der Waals surface area contributed by atoms with Crippen molar-refractivity contribution < 1.29 is 0 Å². The summed E-state index contributed by atoms with van der Waals surface area (Å²) in [5, 5.41) is 10.8. The van der Waals surface area contributed by atoms with Gasteiger partial charge in [-0.2, -0.15) is 5.26 Å². The second kappa shape index (κ2) is 5.38. The molecule has 0 heterocycles. The molecule has 0 amide bonds. The molecule has 0 aliphatic heterocycles. The molecule has 0 aromatic rings. The number of nitrogens with two attached hydrogens (primary N) is 1. The van der Waals surface area contributed by atoms with Crippen LogP contribution < -0.4 is 16.6 Å². The lowest BCUT2D eigenvalue weighted by Gasteiger charge is -2.18. The number of guanidine groups is 1. The van der Waals surface area contributed by atoms with Crippen LogP contribution in [0.2, 0.25) is 0 Å². The third kappa shape index (κ3) is 3.30. The van der Waals surface area contributed by atoms with Gasteiger partial charge in [0.15, 0.2) is 6.19 Å². The number of hydrogen-bond donors (Lipinski definition) is 3. The van der Waals surface area contributed by atoms with Crippen LogP contribution >= 0.6 is 0 Å². The third-order valence-corrected chi connectivity index (χ3v) is 2.20. The van der Waals surface area contributed by atoms with Crippen molar-refractivity contribution in [2.24, 2.45) is 10.8 Å². The summed E-state index contributed by atoms with van der Waals surface area (Å²) in [5.41, 5.74) is 2.37. The van der Waals surface area contributed by atoms with E-state index >= 15 is 0 Å². The minimum atomic E-state index is 0.320. The van der Waals surface area contributed by atoms with Crippen LogP contribution in [0.1, 0.15) is 32.1 Å². The summed E-state index contributed by atoms with van der Waals surface area (Å²) in [4.78, 5) is 4.29. The molecular weight excluding hydrogens is 166 g/mol. The summed E-state index contributed by atoms with van der Waals surface area (Å²) >= 11 is 0. The maximum absolute atomic E-state index is 8.36. The molecule has 13 heavy (non-hydrogen) atoms. The first kappa shape index (κ1) is 9.81. The number of nitrogens with one attached hydrogen (secondary N) is 2. The van der Waals surface area contributed by atoms with Crippen LogP contribution in [0, 0.1) is 11.5 Å². The predicted octanol–water partition coefficient (Wildman–Crippen LogP) is 0.209. The Balaban J connectivity index is 2.45. The average molecular weight is 181 g/mol. The summed E-state index contributed by atoms with van der Waals surface area (Å²) in [5.74, 6) is 5.55. The SMILES string of the molecule is N#CNC(=NC1CCCCC1)NN. The Bertz CT molecular complexity index is 211. The summed E-state index contributed by atoms with van der Waals surface area (Å²) in [6, 6.07) is 0.320. The topological polar surface area (TPSA) is 86.2 Å². The van der Waals surface area contributed by atoms with E-state index in [1.54, 1.807) is 6.19 Å². The molecule has 0 aromatic heterocycles. The van der Waals surface area contributed by atoms with Crippen LogP contribution in [0.15, 0.2) is 4.99 Å². The van der Waals surface area contributed by atoms with Crippen LogP contribution in [0.25, 0.3) is 0 Å². The highest BCUT2D eigenvalue weighted by atomic mass is 15.3. The quantitative estimate of drug-likeness (QED) is 0.135. The zero-order chi connectivity index (χ0) is 9.52. The molecule has 1 fully saturated rings. The first-order valence-electron chi connectivity index (χ1n) is 4.56. The van der Waals surface area contributed by atoms with Gasteiger partial charge in [-0.1, -0.05) is 19.3 Å². The molecule has 1 saturated carbocycles. The van der Waals surface area contributed by atoms with E-state index in [1.165, 1.54) is 19.3 Å². The highest BCUT2D eigenvalue weighted by Crippen LogP contribution is 2.19. The third-order valence-electron chi connectivity index (χ3n) is 2.20. The zero-order valence-electron chi connectivity index (χ0n) is 7.58. The Morgan fingerprint density at radius 2 is 2.08 bits per heavy atom. The van der Waals surface area contributed by atoms with Gasteiger partial charge in [0.25, 0.3) is 0 Å². The molecule has 0 aromatic carbocycles. The lowest BCUT2D eigenvalue weighted by molar-refractivity contribution is 0.441. The molecular formula is C8H15N5. The lowest BCUT2D eigenvalue weighted by atomic mass is 9.96. The predicted molar refractivity (Wildman–Crippen MR) is 50.4 cm³/mol. The zero-order valence-corrected chi connectivity index (χ0v) is 7.58. The molecule has 1 aliphatic rings. The molecule has 72 valence electrons. The second-order valence-electron chi connectivity index (χ2n) is 3.15. The van der Waals surface area contributed by atoms with Gasteiger partial charge in [0.1, 0.15) is 0 Å². The van der Waals surface area contributed by atoms with E-state index in [0.717, 1.165) is 12.8 Å². The Kier molecular flexibility index (Phi) is 4.06. The van der Waals surface area contributed by atoms with Crippen molar-refractivity contribution in [1.29, 1.82) is 5.26 Å². The minimum absolute atomic E-state index is 0.320. The van der Waals surface area contributed by atoms with E-state index < -0.39 is 0 Å². The van der Waals surface area contributed by atoms with Crippen molar-refractivity contribution in [2.75, 3.05) is 0 Å². The number of hydrazine groups is 1. The molecule has 5 nitrogen and oxygen atoms in total. The number of rotatable bonds is 1. The minimum Gasteiger partial charge on any atom is -0.294 e. The molecule has 0 atom stereocenters. The van der Waals surface area contributed by atoms with Crippen molar-refractivity contribution in [3.05, 3.63) is 0 Å². The van der Waals surface area contributed by atoms with E-state index in [2.05, 4.69) is 15.7 Å². The summed E-state index contributed by atoms with van der Waals surface area (Å²) in [6.07, 6.45) is 7.71. The Morgan fingerprint density at radius 1 is 1.38 bits per heavy atom. The normalized spacial score (nSPS) is 19.2. The molecule has 4 N–H and O–H groups in total. The van der Waals surface area contributed by atoms with Crippen LogP contribution in [-0.2, 0) is 0 Å². The molecule has 0 unspecified atom stereocenters. The molecule has 0 saturated heterocycles. The van der Waals surface area contributed by atoms with Gasteiger partial charge < -0.3 is 0 Å². The van der Waals surface area contributed by atoms with E-state index in [0.29, 0.717) is 12.0 Å². The smallest absolute Gasteiger partial charge is 0.219 e. The first-order chi connectivity index (χ1) is 6.36. The molecule has 0 bridgehead atoms. The number of nitriles is 1.